The lowest BCUT2D eigenvalue weighted by Gasteiger charge is -2.11. The lowest BCUT2D eigenvalue weighted by atomic mass is 10.0. The van der Waals surface area contributed by atoms with Gasteiger partial charge in [0.2, 0.25) is 5.95 Å². The molecule has 0 aliphatic rings. The number of benzene rings is 1. The van der Waals surface area contributed by atoms with Crippen molar-refractivity contribution in [3.8, 4) is 11.1 Å². The highest BCUT2D eigenvalue weighted by Crippen LogP contribution is 2.26. The van der Waals surface area contributed by atoms with Crippen LogP contribution in [0.4, 0.5) is 5.95 Å². The molecule has 1 aromatic heterocycles. The van der Waals surface area contributed by atoms with Crippen molar-refractivity contribution in [2.75, 3.05) is 11.9 Å². The summed E-state index contributed by atoms with van der Waals surface area (Å²) in [5.41, 5.74) is 8.89. The third kappa shape index (κ3) is 3.52. The zero-order valence-corrected chi connectivity index (χ0v) is 12.6. The van der Waals surface area contributed by atoms with E-state index in [0.29, 0.717) is 12.5 Å². The average molecular weight is 321 g/mol. The van der Waals surface area contributed by atoms with Crippen LogP contribution in [0.5, 0.6) is 0 Å². The van der Waals surface area contributed by atoms with Gasteiger partial charge < -0.3 is 11.1 Å². The molecule has 0 aliphatic carbocycles. The molecule has 5 heteroatoms. The van der Waals surface area contributed by atoms with Gasteiger partial charge in [0.1, 0.15) is 0 Å². The van der Waals surface area contributed by atoms with E-state index in [1.54, 1.807) is 0 Å². The summed E-state index contributed by atoms with van der Waals surface area (Å²) in [7, 11) is 0. The van der Waals surface area contributed by atoms with Gasteiger partial charge in [-0.25, -0.2) is 9.97 Å². The Bertz CT molecular complexity index is 554. The monoisotopic (exact) mass is 320 g/mol. The Morgan fingerprint density at radius 1 is 1.32 bits per heavy atom. The molecule has 0 spiro atoms. The summed E-state index contributed by atoms with van der Waals surface area (Å²) in [6.45, 7) is 4.62. The van der Waals surface area contributed by atoms with E-state index in [-0.39, 0.29) is 6.04 Å². The number of halogens is 1. The van der Waals surface area contributed by atoms with Crippen LogP contribution >= 0.6 is 15.9 Å². The van der Waals surface area contributed by atoms with Crippen LogP contribution in [0, 0.1) is 6.92 Å². The summed E-state index contributed by atoms with van der Waals surface area (Å²) in [4.78, 5) is 8.64. The highest BCUT2D eigenvalue weighted by atomic mass is 79.9. The van der Waals surface area contributed by atoms with Gasteiger partial charge in [-0.3, -0.25) is 0 Å². The van der Waals surface area contributed by atoms with Gasteiger partial charge in [-0.15, -0.1) is 0 Å². The normalized spacial score (nSPS) is 12.2. The number of nitrogens with two attached hydrogens (primary N) is 1. The Morgan fingerprint density at radius 3 is 2.63 bits per heavy atom. The second kappa shape index (κ2) is 6.12. The van der Waals surface area contributed by atoms with Crippen LogP contribution in [0.3, 0.4) is 0 Å². The molecule has 1 aromatic carbocycles. The largest absolute Gasteiger partial charge is 0.351 e. The molecule has 1 heterocycles. The minimum Gasteiger partial charge on any atom is -0.351 e. The molecule has 4 nitrogen and oxygen atoms in total. The van der Waals surface area contributed by atoms with E-state index in [0.717, 1.165) is 15.6 Å². The molecule has 19 heavy (non-hydrogen) atoms. The first-order valence-electron chi connectivity index (χ1n) is 6.15. The van der Waals surface area contributed by atoms with Gasteiger partial charge in [-0.05, 0) is 37.1 Å². The van der Waals surface area contributed by atoms with Crippen LogP contribution in [0.15, 0.2) is 35.1 Å². The fraction of sp³-hybridized carbons (Fsp3) is 0.286. The fourth-order valence-corrected chi connectivity index (χ4v) is 2.09. The van der Waals surface area contributed by atoms with Gasteiger partial charge >= 0.3 is 0 Å². The number of anilines is 1. The van der Waals surface area contributed by atoms with Crippen LogP contribution in [0.25, 0.3) is 11.1 Å². The van der Waals surface area contributed by atoms with Gasteiger partial charge in [0.25, 0.3) is 0 Å². The van der Waals surface area contributed by atoms with Crippen molar-refractivity contribution < 1.29 is 0 Å². The number of rotatable bonds is 4. The summed E-state index contributed by atoms with van der Waals surface area (Å²) in [6, 6.07) is 6.34. The zero-order chi connectivity index (χ0) is 13.8. The standard InChI is InChI=1S/C14H17BrN4/c1-9-3-4-12(15)5-13(9)11-7-17-14(18-8-11)19-10(2)6-16/h3-5,7-8,10H,6,16H2,1-2H3,(H,17,18,19). The number of hydrogen-bond donors (Lipinski definition) is 2. The quantitative estimate of drug-likeness (QED) is 0.909. The molecule has 3 N–H and O–H groups in total. The molecule has 100 valence electrons. The van der Waals surface area contributed by atoms with Crippen molar-refractivity contribution >= 4 is 21.9 Å². The van der Waals surface area contributed by atoms with Crippen LogP contribution in [-0.2, 0) is 0 Å². The number of aryl methyl sites for hydroxylation is 1. The molecule has 1 unspecified atom stereocenters. The molecule has 0 amide bonds. The van der Waals surface area contributed by atoms with Crippen molar-refractivity contribution in [3.05, 3.63) is 40.6 Å². The van der Waals surface area contributed by atoms with Crippen LogP contribution in [0.2, 0.25) is 0 Å². The van der Waals surface area contributed by atoms with Crippen molar-refractivity contribution in [1.82, 2.24) is 9.97 Å². The first-order valence-corrected chi connectivity index (χ1v) is 6.94. The molecule has 0 saturated carbocycles. The van der Waals surface area contributed by atoms with Crippen molar-refractivity contribution in [3.63, 3.8) is 0 Å². The van der Waals surface area contributed by atoms with Gasteiger partial charge in [0.15, 0.2) is 0 Å². The predicted molar refractivity (Wildman–Crippen MR) is 82.0 cm³/mol. The first-order chi connectivity index (χ1) is 9.10. The molecule has 0 bridgehead atoms. The molecule has 0 fully saturated rings. The van der Waals surface area contributed by atoms with E-state index in [2.05, 4.69) is 50.3 Å². The van der Waals surface area contributed by atoms with Crippen LogP contribution in [-0.4, -0.2) is 22.6 Å². The summed E-state index contributed by atoms with van der Waals surface area (Å²) >= 11 is 3.48. The first kappa shape index (κ1) is 14.0. The zero-order valence-electron chi connectivity index (χ0n) is 11.0. The molecule has 2 rings (SSSR count). The number of nitrogens with one attached hydrogen (secondary N) is 1. The second-order valence-electron chi connectivity index (χ2n) is 4.54. The van der Waals surface area contributed by atoms with Crippen molar-refractivity contribution in [2.24, 2.45) is 5.73 Å². The molecule has 0 radical (unpaired) electrons. The molecular weight excluding hydrogens is 304 g/mol. The molecule has 0 saturated heterocycles. The maximum atomic E-state index is 5.55. The molecule has 2 aromatic rings. The summed E-state index contributed by atoms with van der Waals surface area (Å²) in [5.74, 6) is 0.606. The predicted octanol–water partition coefficient (Wildman–Crippen LogP) is 2.97. The Balaban J connectivity index is 2.25. The smallest absolute Gasteiger partial charge is 0.222 e. The van der Waals surface area contributed by atoms with Crippen molar-refractivity contribution in [2.45, 2.75) is 19.9 Å². The third-order valence-electron chi connectivity index (χ3n) is 2.89. The minimum atomic E-state index is 0.165. The summed E-state index contributed by atoms with van der Waals surface area (Å²) < 4.78 is 1.05. The Kier molecular flexibility index (Phi) is 4.50. The number of aromatic nitrogens is 2. The average Bonchev–Trinajstić information content (AvgIpc) is 2.42. The maximum Gasteiger partial charge on any atom is 0.222 e. The Labute approximate surface area is 121 Å². The highest BCUT2D eigenvalue weighted by molar-refractivity contribution is 9.10. The van der Waals surface area contributed by atoms with E-state index < -0.39 is 0 Å². The van der Waals surface area contributed by atoms with E-state index in [1.165, 1.54) is 5.56 Å². The Hall–Kier alpha value is -1.46. The van der Waals surface area contributed by atoms with E-state index in [1.807, 2.05) is 25.4 Å². The third-order valence-corrected chi connectivity index (χ3v) is 3.38. The molecule has 0 aliphatic heterocycles. The SMILES string of the molecule is Cc1ccc(Br)cc1-c1cnc(NC(C)CN)nc1. The Morgan fingerprint density at radius 2 is 2.00 bits per heavy atom. The number of nitrogens with zero attached hydrogens (tertiary/aromatic N) is 2. The second-order valence-corrected chi connectivity index (χ2v) is 5.45. The van der Waals surface area contributed by atoms with Gasteiger partial charge in [-0.2, -0.15) is 0 Å². The van der Waals surface area contributed by atoms with Crippen LogP contribution < -0.4 is 11.1 Å². The summed E-state index contributed by atoms with van der Waals surface area (Å²) in [5, 5.41) is 3.14. The van der Waals surface area contributed by atoms with Crippen molar-refractivity contribution in [1.29, 1.82) is 0 Å². The van der Waals surface area contributed by atoms with Gasteiger partial charge in [0, 0.05) is 35.0 Å². The number of hydrogen-bond acceptors (Lipinski definition) is 4. The van der Waals surface area contributed by atoms with E-state index >= 15 is 0 Å². The van der Waals surface area contributed by atoms with Gasteiger partial charge in [0.05, 0.1) is 0 Å². The summed E-state index contributed by atoms with van der Waals surface area (Å²) in [6.07, 6.45) is 3.65. The highest BCUT2D eigenvalue weighted by Gasteiger charge is 2.06. The lowest BCUT2D eigenvalue weighted by Crippen LogP contribution is -2.26. The minimum absolute atomic E-state index is 0.165. The lowest BCUT2D eigenvalue weighted by molar-refractivity contribution is 0.790. The van der Waals surface area contributed by atoms with Crippen LogP contribution in [0.1, 0.15) is 12.5 Å². The molecule has 1 atom stereocenters. The van der Waals surface area contributed by atoms with Gasteiger partial charge in [-0.1, -0.05) is 22.0 Å². The van der Waals surface area contributed by atoms with E-state index in [4.69, 9.17) is 5.73 Å². The topological polar surface area (TPSA) is 63.8 Å². The molecular formula is C14H17BrN4. The fourth-order valence-electron chi connectivity index (χ4n) is 1.73. The maximum absolute atomic E-state index is 5.55. The van der Waals surface area contributed by atoms with E-state index in [9.17, 15) is 0 Å².